The Hall–Kier alpha value is -1.45. The van der Waals surface area contributed by atoms with Crippen LogP contribution in [0.1, 0.15) is 37.3 Å². The summed E-state index contributed by atoms with van der Waals surface area (Å²) in [6, 6.07) is 3.63. The molecule has 4 aliphatic rings. The molecule has 0 radical (unpaired) electrons. The van der Waals surface area contributed by atoms with E-state index in [9.17, 15) is 9.59 Å². The second-order valence-corrected chi connectivity index (χ2v) is 9.15. The molecule has 0 unspecified atom stereocenters. The number of amides is 2. The van der Waals surface area contributed by atoms with Crippen molar-refractivity contribution in [2.24, 2.45) is 0 Å². The average molecular weight is 486 g/mol. The van der Waals surface area contributed by atoms with Gasteiger partial charge in [-0.05, 0) is 57.5 Å². The number of carbonyl (C=O) groups is 2. The van der Waals surface area contributed by atoms with Crippen molar-refractivity contribution in [3.05, 3.63) is 30.1 Å². The summed E-state index contributed by atoms with van der Waals surface area (Å²) in [4.78, 5) is 37.1. The highest BCUT2D eigenvalue weighted by Gasteiger charge is 2.50. The van der Waals surface area contributed by atoms with Gasteiger partial charge in [0.05, 0.1) is 6.04 Å². The van der Waals surface area contributed by atoms with E-state index >= 15 is 0 Å². The smallest absolute Gasteiger partial charge is 0.254 e. The minimum atomic E-state index is -0.672. The van der Waals surface area contributed by atoms with Crippen LogP contribution in [-0.2, 0) is 14.3 Å². The normalized spacial score (nSPS) is 28.1. The maximum absolute atomic E-state index is 13.8. The third kappa shape index (κ3) is 4.61. The van der Waals surface area contributed by atoms with Gasteiger partial charge in [-0.15, -0.1) is 24.8 Å². The van der Waals surface area contributed by atoms with Crippen LogP contribution in [0.4, 0.5) is 0 Å². The highest BCUT2D eigenvalue weighted by atomic mass is 35.5. The molecule has 0 aromatic carbocycles. The van der Waals surface area contributed by atoms with Gasteiger partial charge in [-0.1, -0.05) is 6.07 Å². The maximum atomic E-state index is 13.8. The fraction of sp³-hybridized carbons (Fsp3) is 0.682. The Kier molecular flexibility index (Phi) is 8.04. The van der Waals surface area contributed by atoms with Crippen LogP contribution in [0.15, 0.2) is 24.5 Å². The van der Waals surface area contributed by atoms with E-state index in [1.165, 1.54) is 0 Å². The van der Waals surface area contributed by atoms with Crippen LogP contribution in [0.25, 0.3) is 0 Å². The predicted molar refractivity (Wildman–Crippen MR) is 125 cm³/mol. The lowest BCUT2D eigenvalue weighted by molar-refractivity contribution is -0.173. The van der Waals surface area contributed by atoms with Gasteiger partial charge in [-0.3, -0.25) is 19.5 Å². The Morgan fingerprint density at radius 3 is 2.62 bits per heavy atom. The van der Waals surface area contributed by atoms with E-state index in [1.54, 1.807) is 12.4 Å². The fourth-order valence-corrected chi connectivity index (χ4v) is 5.37. The number of rotatable bonds is 3. The minimum absolute atomic E-state index is 0. The van der Waals surface area contributed by atoms with Gasteiger partial charge in [0.2, 0.25) is 5.91 Å². The van der Waals surface area contributed by atoms with Crippen molar-refractivity contribution >= 4 is 36.6 Å². The molecule has 8 nitrogen and oxygen atoms in total. The fourth-order valence-electron chi connectivity index (χ4n) is 5.37. The van der Waals surface area contributed by atoms with Gasteiger partial charge in [-0.25, -0.2) is 0 Å². The zero-order valence-corrected chi connectivity index (χ0v) is 20.1. The van der Waals surface area contributed by atoms with Crippen LogP contribution < -0.4 is 5.32 Å². The monoisotopic (exact) mass is 485 g/mol. The summed E-state index contributed by atoms with van der Waals surface area (Å²) < 4.78 is 5.95. The minimum Gasteiger partial charge on any atom is -0.356 e. The molecule has 10 heteroatoms. The molecule has 4 fully saturated rings. The maximum Gasteiger partial charge on any atom is 0.254 e. The van der Waals surface area contributed by atoms with Crippen LogP contribution in [0.2, 0.25) is 0 Å². The van der Waals surface area contributed by atoms with Crippen LogP contribution in [0.5, 0.6) is 0 Å². The second kappa shape index (κ2) is 10.2. The third-order valence-corrected chi connectivity index (χ3v) is 7.32. The van der Waals surface area contributed by atoms with Crippen LogP contribution in [0.3, 0.4) is 0 Å². The van der Waals surface area contributed by atoms with E-state index in [0.29, 0.717) is 6.54 Å². The highest BCUT2D eigenvalue weighted by molar-refractivity contribution is 5.87. The summed E-state index contributed by atoms with van der Waals surface area (Å²) in [7, 11) is 2.18. The summed E-state index contributed by atoms with van der Waals surface area (Å²) in [5, 5.41) is 3.44. The first-order valence-electron chi connectivity index (χ1n) is 11.1. The number of piperidine rings is 1. The number of hydrogen-bond acceptors (Lipinski definition) is 6. The molecule has 3 saturated heterocycles. The molecule has 32 heavy (non-hydrogen) atoms. The van der Waals surface area contributed by atoms with E-state index in [-0.39, 0.29) is 54.8 Å². The molecule has 0 bridgehead atoms. The van der Waals surface area contributed by atoms with Gasteiger partial charge < -0.3 is 19.9 Å². The van der Waals surface area contributed by atoms with E-state index < -0.39 is 12.1 Å². The Morgan fingerprint density at radius 2 is 1.97 bits per heavy atom. The number of ether oxygens (including phenoxy) is 1. The third-order valence-electron chi connectivity index (χ3n) is 7.32. The van der Waals surface area contributed by atoms with Crippen molar-refractivity contribution in [2.45, 2.75) is 49.4 Å². The summed E-state index contributed by atoms with van der Waals surface area (Å²) in [6.07, 6.45) is 6.88. The molecule has 1 saturated carbocycles. The molecule has 1 aromatic rings. The topological polar surface area (TPSA) is 78.0 Å². The van der Waals surface area contributed by atoms with Crippen LogP contribution >= 0.6 is 24.8 Å². The first-order valence-corrected chi connectivity index (χ1v) is 11.1. The van der Waals surface area contributed by atoms with Gasteiger partial charge in [0, 0.05) is 43.6 Å². The molecular formula is C22H33Cl2N5O3. The Bertz CT molecular complexity index is 804. The van der Waals surface area contributed by atoms with Crippen LogP contribution in [0, 0.1) is 0 Å². The molecule has 2 atom stereocenters. The summed E-state index contributed by atoms with van der Waals surface area (Å²) >= 11 is 0. The van der Waals surface area contributed by atoms with Crippen molar-refractivity contribution in [3.8, 4) is 0 Å². The highest BCUT2D eigenvalue weighted by Crippen LogP contribution is 2.40. The van der Waals surface area contributed by atoms with Gasteiger partial charge >= 0.3 is 0 Å². The number of likely N-dealkylation sites (N-methyl/N-ethyl adjacent to an activating group) is 1. The van der Waals surface area contributed by atoms with Crippen molar-refractivity contribution < 1.29 is 14.3 Å². The van der Waals surface area contributed by atoms with Crippen molar-refractivity contribution in [2.75, 3.05) is 46.4 Å². The first kappa shape index (κ1) is 25.2. The molecule has 1 N–H and O–H groups in total. The molecule has 178 valence electrons. The van der Waals surface area contributed by atoms with Gasteiger partial charge in [0.1, 0.15) is 6.61 Å². The lowest BCUT2D eigenvalue weighted by Crippen LogP contribution is -2.66. The van der Waals surface area contributed by atoms with E-state index in [1.807, 2.05) is 21.9 Å². The van der Waals surface area contributed by atoms with Crippen molar-refractivity contribution in [1.82, 2.24) is 25.0 Å². The number of aromatic nitrogens is 1. The standard InChI is InChI=1S/C22H31N5O3.2ClH/c1-25-11-12-26(15-22(25)6-9-23-10-7-22)21(29)20-19(16-3-2-8-24-13-16)27(17-4-5-17)18(28)14-30-20;;/h2-3,8,13,17,19-20,23H,4-7,9-12,14-15H2,1H3;2*1H/t19-,20+;;/m1../s1. The van der Waals surface area contributed by atoms with Crippen molar-refractivity contribution in [1.29, 1.82) is 0 Å². The molecule has 1 spiro atoms. The number of halogens is 2. The zero-order valence-electron chi connectivity index (χ0n) is 18.4. The number of nitrogens with zero attached hydrogens (tertiary/aromatic N) is 4. The van der Waals surface area contributed by atoms with Crippen molar-refractivity contribution in [3.63, 3.8) is 0 Å². The molecular weight excluding hydrogens is 453 g/mol. The van der Waals surface area contributed by atoms with Gasteiger partial charge in [0.15, 0.2) is 6.10 Å². The summed E-state index contributed by atoms with van der Waals surface area (Å²) in [5.74, 6) is -0.0170. The average Bonchev–Trinajstić information content (AvgIpc) is 3.61. The van der Waals surface area contributed by atoms with E-state index in [0.717, 1.165) is 57.4 Å². The second-order valence-electron chi connectivity index (χ2n) is 9.15. The largest absolute Gasteiger partial charge is 0.356 e. The first-order chi connectivity index (χ1) is 14.6. The number of hydrogen-bond donors (Lipinski definition) is 1. The number of pyridine rings is 1. The number of piperazine rings is 1. The molecule has 2 amide bonds. The summed E-state index contributed by atoms with van der Waals surface area (Å²) in [6.45, 7) is 4.22. The predicted octanol–water partition coefficient (Wildman–Crippen LogP) is 1.25. The number of nitrogens with one attached hydrogen (secondary N) is 1. The molecule has 1 aromatic heterocycles. The van der Waals surface area contributed by atoms with E-state index in [2.05, 4.69) is 22.2 Å². The Labute approximate surface area is 201 Å². The molecule has 5 rings (SSSR count). The zero-order chi connectivity index (χ0) is 20.7. The lowest BCUT2D eigenvalue weighted by atomic mass is 9.84. The SMILES string of the molecule is CN1CCN(C(=O)[C@H]2OCC(=O)N(C3CC3)[C@@H]2c2cccnc2)CC12CCNCC2.Cl.Cl. The molecule has 4 heterocycles. The van der Waals surface area contributed by atoms with Gasteiger partial charge in [0.25, 0.3) is 5.91 Å². The Balaban J connectivity index is 0.00000144. The number of carbonyl (C=O) groups excluding carboxylic acids is 2. The Morgan fingerprint density at radius 1 is 1.22 bits per heavy atom. The van der Waals surface area contributed by atoms with Gasteiger partial charge in [-0.2, -0.15) is 0 Å². The van der Waals surface area contributed by atoms with Crippen LogP contribution in [-0.4, -0.2) is 95.6 Å². The number of morpholine rings is 1. The lowest BCUT2D eigenvalue weighted by Gasteiger charge is -2.52. The summed E-state index contributed by atoms with van der Waals surface area (Å²) in [5.41, 5.74) is 0.908. The quantitative estimate of drug-likeness (QED) is 0.693. The molecule has 3 aliphatic heterocycles. The van der Waals surface area contributed by atoms with E-state index in [4.69, 9.17) is 4.74 Å². The molecule has 1 aliphatic carbocycles.